The summed E-state index contributed by atoms with van der Waals surface area (Å²) < 4.78 is 31.4. The van der Waals surface area contributed by atoms with Crippen molar-refractivity contribution < 1.29 is 18.1 Å². The summed E-state index contributed by atoms with van der Waals surface area (Å²) in [5.41, 5.74) is -0.278. The molecule has 2 rings (SSSR count). The van der Waals surface area contributed by atoms with Gasteiger partial charge in [-0.15, -0.1) is 12.4 Å². The number of hydrogen-bond donors (Lipinski definition) is 1. The van der Waals surface area contributed by atoms with Crippen LogP contribution < -0.4 is 10.1 Å². The Hall–Kier alpha value is -1.42. The molecule has 1 aromatic carbocycles. The van der Waals surface area contributed by atoms with Gasteiger partial charge >= 0.3 is 0 Å². The second-order valence-corrected chi connectivity index (χ2v) is 6.15. The number of hydrogen-bond acceptors (Lipinski definition) is 6. The predicted octanol–water partition coefficient (Wildman–Crippen LogP) is 0.619. The number of halogens is 1. The molecule has 1 heterocycles. The first-order chi connectivity index (χ1) is 9.46. The maximum atomic E-state index is 12.5. The molecular formula is C11H16ClN3O5S. The standard InChI is InChI=1S/C11H15N3O5S.ClH/c1-19-10-3-2-9(14(15)16)8-11(10)20(17,18)13-6-4-12-5-7-13;/h2-3,8,12H,4-7H2,1H3;1H. The first kappa shape index (κ1) is 17.6. The van der Waals surface area contributed by atoms with Crippen molar-refractivity contribution in [2.45, 2.75) is 4.90 Å². The van der Waals surface area contributed by atoms with Gasteiger partial charge in [-0.1, -0.05) is 0 Å². The van der Waals surface area contributed by atoms with E-state index in [0.29, 0.717) is 26.2 Å². The van der Waals surface area contributed by atoms with E-state index in [4.69, 9.17) is 4.74 Å². The molecule has 8 nitrogen and oxygen atoms in total. The van der Waals surface area contributed by atoms with Crippen LogP contribution >= 0.6 is 12.4 Å². The molecule has 21 heavy (non-hydrogen) atoms. The van der Waals surface area contributed by atoms with Gasteiger partial charge in [0, 0.05) is 38.3 Å². The monoisotopic (exact) mass is 337 g/mol. The molecule has 0 spiro atoms. The molecule has 118 valence electrons. The Balaban J connectivity index is 0.00000220. The Labute approximate surface area is 128 Å². The number of nitro groups is 1. The van der Waals surface area contributed by atoms with Crippen LogP contribution in [0.3, 0.4) is 0 Å². The molecule has 0 radical (unpaired) electrons. The number of benzene rings is 1. The van der Waals surface area contributed by atoms with Crippen LogP contribution in [0.1, 0.15) is 0 Å². The van der Waals surface area contributed by atoms with Crippen LogP contribution in [0.4, 0.5) is 5.69 Å². The average molecular weight is 338 g/mol. The van der Waals surface area contributed by atoms with Crippen molar-refractivity contribution in [2.75, 3.05) is 33.3 Å². The van der Waals surface area contributed by atoms with E-state index < -0.39 is 14.9 Å². The Morgan fingerprint density at radius 2 is 1.95 bits per heavy atom. The molecule has 0 saturated carbocycles. The number of rotatable bonds is 4. The second-order valence-electron chi connectivity index (χ2n) is 4.25. The summed E-state index contributed by atoms with van der Waals surface area (Å²) >= 11 is 0. The number of nitrogens with one attached hydrogen (secondary N) is 1. The Bertz CT molecular complexity index is 616. The number of nitro benzene ring substituents is 1. The van der Waals surface area contributed by atoms with Crippen LogP contribution in [0, 0.1) is 10.1 Å². The van der Waals surface area contributed by atoms with Crippen molar-refractivity contribution in [3.63, 3.8) is 0 Å². The molecule has 0 aliphatic carbocycles. The lowest BCUT2D eigenvalue weighted by Crippen LogP contribution is -2.46. The van der Waals surface area contributed by atoms with E-state index in [-0.39, 0.29) is 28.7 Å². The van der Waals surface area contributed by atoms with Gasteiger partial charge in [0.1, 0.15) is 10.6 Å². The molecule has 1 aromatic rings. The highest BCUT2D eigenvalue weighted by atomic mass is 35.5. The minimum Gasteiger partial charge on any atom is -0.495 e. The van der Waals surface area contributed by atoms with Gasteiger partial charge in [0.25, 0.3) is 5.69 Å². The molecular weight excluding hydrogens is 322 g/mol. The van der Waals surface area contributed by atoms with Gasteiger partial charge in [-0.05, 0) is 6.07 Å². The summed E-state index contributed by atoms with van der Waals surface area (Å²) in [6.45, 7) is 1.76. The molecule has 0 bridgehead atoms. The fourth-order valence-electron chi connectivity index (χ4n) is 2.00. The summed E-state index contributed by atoms with van der Waals surface area (Å²) in [4.78, 5) is 10.0. The average Bonchev–Trinajstić information content (AvgIpc) is 2.47. The summed E-state index contributed by atoms with van der Waals surface area (Å²) in [6, 6.07) is 3.55. The van der Waals surface area contributed by atoms with Crippen LogP contribution in [0.5, 0.6) is 5.75 Å². The number of ether oxygens (including phenoxy) is 1. The molecule has 1 aliphatic heterocycles. The lowest BCUT2D eigenvalue weighted by Gasteiger charge is -2.27. The number of nitrogens with zero attached hydrogens (tertiary/aromatic N) is 2. The third kappa shape index (κ3) is 3.62. The molecule has 1 saturated heterocycles. The van der Waals surface area contributed by atoms with E-state index in [1.807, 2.05) is 0 Å². The molecule has 1 aliphatic rings. The quantitative estimate of drug-likeness (QED) is 0.638. The van der Waals surface area contributed by atoms with Gasteiger partial charge in [0.15, 0.2) is 0 Å². The van der Waals surface area contributed by atoms with Gasteiger partial charge < -0.3 is 10.1 Å². The highest BCUT2D eigenvalue weighted by Crippen LogP contribution is 2.30. The van der Waals surface area contributed by atoms with E-state index in [1.165, 1.54) is 23.5 Å². The number of piperazine rings is 1. The molecule has 0 atom stereocenters. The van der Waals surface area contributed by atoms with Crippen molar-refractivity contribution in [1.82, 2.24) is 9.62 Å². The van der Waals surface area contributed by atoms with Crippen LogP contribution in [0.15, 0.2) is 23.1 Å². The van der Waals surface area contributed by atoms with E-state index in [2.05, 4.69) is 5.32 Å². The van der Waals surface area contributed by atoms with Gasteiger partial charge in [0.2, 0.25) is 10.0 Å². The zero-order valence-corrected chi connectivity index (χ0v) is 12.9. The van der Waals surface area contributed by atoms with Gasteiger partial charge in [-0.25, -0.2) is 8.42 Å². The SMILES string of the molecule is COc1ccc([N+](=O)[O-])cc1S(=O)(=O)N1CCNCC1.Cl. The van der Waals surface area contributed by atoms with Gasteiger partial charge in [0.05, 0.1) is 12.0 Å². The van der Waals surface area contributed by atoms with Crippen molar-refractivity contribution in [3.8, 4) is 5.75 Å². The summed E-state index contributed by atoms with van der Waals surface area (Å²) in [5.74, 6) is 0.106. The van der Waals surface area contributed by atoms with Crippen molar-refractivity contribution in [1.29, 1.82) is 0 Å². The second kappa shape index (κ2) is 7.03. The van der Waals surface area contributed by atoms with Crippen LogP contribution in [0.2, 0.25) is 0 Å². The summed E-state index contributed by atoms with van der Waals surface area (Å²) in [7, 11) is -2.47. The van der Waals surface area contributed by atoms with Gasteiger partial charge in [-0.3, -0.25) is 10.1 Å². The molecule has 10 heteroatoms. The number of sulfonamides is 1. The highest BCUT2D eigenvalue weighted by molar-refractivity contribution is 7.89. The zero-order valence-electron chi connectivity index (χ0n) is 11.3. The summed E-state index contributed by atoms with van der Waals surface area (Å²) in [6.07, 6.45) is 0. The molecule has 0 aromatic heterocycles. The number of methoxy groups -OCH3 is 1. The smallest absolute Gasteiger partial charge is 0.271 e. The van der Waals surface area contributed by atoms with E-state index in [1.54, 1.807) is 0 Å². The predicted molar refractivity (Wildman–Crippen MR) is 78.5 cm³/mol. The minimum atomic E-state index is -3.80. The fraction of sp³-hybridized carbons (Fsp3) is 0.455. The van der Waals surface area contributed by atoms with Crippen LogP contribution in [0.25, 0.3) is 0 Å². The molecule has 0 amide bonds. The number of non-ortho nitro benzene ring substituents is 1. The minimum absolute atomic E-state index is 0. The Kier molecular flexibility index (Phi) is 5.90. The normalized spacial score (nSPS) is 16.0. The first-order valence-electron chi connectivity index (χ1n) is 6.00. The Morgan fingerprint density at radius 1 is 1.33 bits per heavy atom. The first-order valence-corrected chi connectivity index (χ1v) is 7.44. The van der Waals surface area contributed by atoms with E-state index >= 15 is 0 Å². The van der Waals surface area contributed by atoms with Crippen LogP contribution in [-0.2, 0) is 10.0 Å². The summed E-state index contributed by atoms with van der Waals surface area (Å²) in [5, 5.41) is 13.9. The Morgan fingerprint density at radius 3 is 2.48 bits per heavy atom. The fourth-order valence-corrected chi connectivity index (χ4v) is 3.62. The topological polar surface area (TPSA) is 102 Å². The molecule has 1 N–H and O–H groups in total. The highest BCUT2D eigenvalue weighted by Gasteiger charge is 2.30. The lowest BCUT2D eigenvalue weighted by atomic mass is 10.3. The maximum absolute atomic E-state index is 12.5. The molecule has 0 unspecified atom stereocenters. The lowest BCUT2D eigenvalue weighted by molar-refractivity contribution is -0.385. The van der Waals surface area contributed by atoms with E-state index in [9.17, 15) is 18.5 Å². The van der Waals surface area contributed by atoms with Crippen molar-refractivity contribution in [2.24, 2.45) is 0 Å². The molecule has 1 fully saturated rings. The van der Waals surface area contributed by atoms with E-state index in [0.717, 1.165) is 6.07 Å². The van der Waals surface area contributed by atoms with Crippen LogP contribution in [-0.4, -0.2) is 50.9 Å². The van der Waals surface area contributed by atoms with Crippen molar-refractivity contribution >= 4 is 28.1 Å². The maximum Gasteiger partial charge on any atom is 0.271 e. The van der Waals surface area contributed by atoms with Gasteiger partial charge in [-0.2, -0.15) is 4.31 Å². The zero-order chi connectivity index (χ0) is 14.8. The third-order valence-electron chi connectivity index (χ3n) is 3.05. The largest absolute Gasteiger partial charge is 0.495 e. The third-order valence-corrected chi connectivity index (χ3v) is 4.97. The van der Waals surface area contributed by atoms with Crippen molar-refractivity contribution in [3.05, 3.63) is 28.3 Å².